The first-order chi connectivity index (χ1) is 11.0. The maximum Gasteiger partial charge on any atom is 0.323 e. The Hall–Kier alpha value is -2.32. The van der Waals surface area contributed by atoms with E-state index in [1.165, 1.54) is 19.4 Å². The fourth-order valence-corrected chi connectivity index (χ4v) is 2.82. The van der Waals surface area contributed by atoms with Gasteiger partial charge in [0.25, 0.3) is 5.91 Å². The molecule has 0 bridgehead atoms. The van der Waals surface area contributed by atoms with E-state index in [0.29, 0.717) is 10.6 Å². The van der Waals surface area contributed by atoms with Gasteiger partial charge in [0.05, 0.1) is 12.8 Å². The van der Waals surface area contributed by atoms with Gasteiger partial charge in [-0.3, -0.25) is 9.59 Å². The Morgan fingerprint density at radius 3 is 2.78 bits per heavy atom. The number of benzene rings is 1. The number of carbonyl (C=O) groups excluding carboxylic acids is 1. The predicted octanol–water partition coefficient (Wildman–Crippen LogP) is 2.12. The van der Waals surface area contributed by atoms with Crippen molar-refractivity contribution >= 4 is 23.2 Å². The Bertz CT molecular complexity index is 704. The van der Waals surface area contributed by atoms with Crippen molar-refractivity contribution in [2.24, 2.45) is 0 Å². The molecule has 2 aromatic rings. The van der Waals surface area contributed by atoms with Crippen LogP contribution in [-0.4, -0.2) is 53.7 Å². The van der Waals surface area contributed by atoms with E-state index in [2.05, 4.69) is 4.98 Å². The lowest BCUT2D eigenvalue weighted by atomic mass is 10.2. The molecule has 1 N–H and O–H groups in total. The Morgan fingerprint density at radius 2 is 2.13 bits per heavy atom. The lowest BCUT2D eigenvalue weighted by Gasteiger charge is -2.19. The zero-order valence-corrected chi connectivity index (χ0v) is 13.2. The topological polar surface area (TPSA) is 79.7 Å². The Morgan fingerprint density at radius 1 is 1.39 bits per heavy atom. The van der Waals surface area contributed by atoms with E-state index in [1.807, 2.05) is 0 Å². The molecule has 0 fully saturated rings. The molecule has 0 spiro atoms. The summed E-state index contributed by atoms with van der Waals surface area (Å²) in [4.78, 5) is 28.8. The molecule has 1 heterocycles. The predicted molar refractivity (Wildman–Crippen MR) is 82.9 cm³/mol. The lowest BCUT2D eigenvalue weighted by molar-refractivity contribution is -0.137. The second-order valence-electron chi connectivity index (χ2n) is 4.62. The second-order valence-corrected chi connectivity index (χ2v) is 5.65. The van der Waals surface area contributed by atoms with Crippen molar-refractivity contribution in [3.8, 4) is 10.6 Å². The van der Waals surface area contributed by atoms with Crippen LogP contribution in [0.2, 0.25) is 0 Å². The molecule has 122 valence electrons. The van der Waals surface area contributed by atoms with Crippen molar-refractivity contribution in [3.05, 3.63) is 41.2 Å². The number of aromatic nitrogens is 1. The van der Waals surface area contributed by atoms with E-state index >= 15 is 0 Å². The van der Waals surface area contributed by atoms with Crippen LogP contribution in [0.25, 0.3) is 10.6 Å². The highest BCUT2D eigenvalue weighted by molar-refractivity contribution is 7.16. The van der Waals surface area contributed by atoms with Gasteiger partial charge in [-0.2, -0.15) is 0 Å². The zero-order chi connectivity index (χ0) is 16.8. The first-order valence-electron chi connectivity index (χ1n) is 6.73. The van der Waals surface area contributed by atoms with Gasteiger partial charge in [-0.25, -0.2) is 9.37 Å². The van der Waals surface area contributed by atoms with Crippen molar-refractivity contribution in [1.82, 2.24) is 9.88 Å². The average Bonchev–Trinajstić information content (AvgIpc) is 3.00. The number of halogens is 1. The Kier molecular flexibility index (Phi) is 5.78. The highest BCUT2D eigenvalue weighted by Gasteiger charge is 2.21. The standard InChI is InChI=1S/C15H15FN2O4S/c1-22-7-6-18(9-13(19)20)15(21)12-8-17-14(23-12)10-4-2-3-5-11(10)16/h2-5,8H,6-7,9H2,1H3,(H,19,20). The number of carboxylic acids is 1. The first kappa shape index (κ1) is 17.0. The van der Waals surface area contributed by atoms with Crippen molar-refractivity contribution in [2.45, 2.75) is 0 Å². The molecule has 0 radical (unpaired) electrons. The van der Waals surface area contributed by atoms with Gasteiger partial charge < -0.3 is 14.7 Å². The number of nitrogens with zero attached hydrogens (tertiary/aromatic N) is 2. The van der Waals surface area contributed by atoms with Gasteiger partial charge in [0.15, 0.2) is 0 Å². The van der Waals surface area contributed by atoms with E-state index in [1.54, 1.807) is 18.2 Å². The van der Waals surface area contributed by atoms with Crippen LogP contribution in [0.4, 0.5) is 4.39 Å². The SMILES string of the molecule is COCCN(CC(=O)O)C(=O)c1cnc(-c2ccccc2F)s1. The molecule has 0 atom stereocenters. The number of hydrogen-bond acceptors (Lipinski definition) is 5. The zero-order valence-electron chi connectivity index (χ0n) is 12.4. The number of carbonyl (C=O) groups is 2. The Balaban J connectivity index is 2.22. The van der Waals surface area contributed by atoms with E-state index in [4.69, 9.17) is 9.84 Å². The molecular formula is C15H15FN2O4S. The third-order valence-electron chi connectivity index (χ3n) is 3.00. The minimum absolute atomic E-state index is 0.147. The molecule has 0 aliphatic rings. The monoisotopic (exact) mass is 338 g/mol. The minimum atomic E-state index is -1.12. The summed E-state index contributed by atoms with van der Waals surface area (Å²) in [5.74, 6) is -2.01. The minimum Gasteiger partial charge on any atom is -0.480 e. The summed E-state index contributed by atoms with van der Waals surface area (Å²) >= 11 is 1.02. The molecular weight excluding hydrogens is 323 g/mol. The number of amides is 1. The van der Waals surface area contributed by atoms with E-state index in [9.17, 15) is 14.0 Å². The molecule has 1 amide bonds. The number of ether oxygens (including phenoxy) is 1. The highest BCUT2D eigenvalue weighted by Crippen LogP contribution is 2.27. The number of rotatable bonds is 7. The number of aliphatic carboxylic acids is 1. The van der Waals surface area contributed by atoms with Crippen LogP contribution >= 0.6 is 11.3 Å². The maximum absolute atomic E-state index is 13.8. The molecule has 0 aliphatic heterocycles. The molecule has 6 nitrogen and oxygen atoms in total. The van der Waals surface area contributed by atoms with E-state index in [-0.39, 0.29) is 18.0 Å². The number of thiazole rings is 1. The first-order valence-corrected chi connectivity index (χ1v) is 7.55. The van der Waals surface area contributed by atoms with Gasteiger partial charge >= 0.3 is 5.97 Å². The fraction of sp³-hybridized carbons (Fsp3) is 0.267. The number of methoxy groups -OCH3 is 1. The van der Waals surface area contributed by atoms with E-state index in [0.717, 1.165) is 16.2 Å². The van der Waals surface area contributed by atoms with Crippen molar-refractivity contribution in [3.63, 3.8) is 0 Å². The molecule has 0 aliphatic carbocycles. The molecule has 2 rings (SSSR count). The second kappa shape index (κ2) is 7.80. The molecule has 23 heavy (non-hydrogen) atoms. The molecule has 1 aromatic carbocycles. The molecule has 0 saturated carbocycles. The van der Waals surface area contributed by atoms with Crippen LogP contribution < -0.4 is 0 Å². The van der Waals surface area contributed by atoms with Gasteiger partial charge in [0, 0.05) is 19.2 Å². The summed E-state index contributed by atoms with van der Waals surface area (Å²) in [6.45, 7) is -0.0678. The van der Waals surface area contributed by atoms with Gasteiger partial charge in [0.2, 0.25) is 0 Å². The molecule has 0 unspecified atom stereocenters. The number of carboxylic acid groups (broad SMARTS) is 1. The summed E-state index contributed by atoms with van der Waals surface area (Å²) < 4.78 is 18.6. The quantitative estimate of drug-likeness (QED) is 0.836. The normalized spacial score (nSPS) is 10.5. The van der Waals surface area contributed by atoms with E-state index < -0.39 is 24.2 Å². The molecule has 1 aromatic heterocycles. The van der Waals surface area contributed by atoms with Gasteiger partial charge in [-0.15, -0.1) is 11.3 Å². The molecule has 0 saturated heterocycles. The van der Waals surface area contributed by atoms with Crippen LogP contribution in [-0.2, 0) is 9.53 Å². The third-order valence-corrected chi connectivity index (χ3v) is 4.02. The summed E-state index contributed by atoms with van der Waals surface area (Å²) in [7, 11) is 1.46. The van der Waals surface area contributed by atoms with Crippen LogP contribution in [0, 0.1) is 5.82 Å². The third kappa shape index (κ3) is 4.33. The average molecular weight is 338 g/mol. The smallest absolute Gasteiger partial charge is 0.323 e. The summed E-state index contributed by atoms with van der Waals surface area (Å²) in [5, 5.41) is 9.27. The summed E-state index contributed by atoms with van der Waals surface area (Å²) in [6, 6.07) is 6.13. The van der Waals surface area contributed by atoms with Crippen LogP contribution in [0.5, 0.6) is 0 Å². The molecule has 8 heteroatoms. The lowest BCUT2D eigenvalue weighted by Crippen LogP contribution is -2.37. The van der Waals surface area contributed by atoms with Gasteiger partial charge in [0.1, 0.15) is 22.2 Å². The van der Waals surface area contributed by atoms with Crippen molar-refractivity contribution < 1.29 is 23.8 Å². The van der Waals surface area contributed by atoms with Crippen molar-refractivity contribution in [2.75, 3.05) is 26.8 Å². The summed E-state index contributed by atoms with van der Waals surface area (Å²) in [5.41, 5.74) is 0.304. The van der Waals surface area contributed by atoms with Gasteiger partial charge in [-0.05, 0) is 12.1 Å². The van der Waals surface area contributed by atoms with Crippen LogP contribution in [0.1, 0.15) is 9.67 Å². The van der Waals surface area contributed by atoms with Gasteiger partial charge in [-0.1, -0.05) is 12.1 Å². The highest BCUT2D eigenvalue weighted by atomic mass is 32.1. The van der Waals surface area contributed by atoms with Crippen LogP contribution in [0.3, 0.4) is 0 Å². The summed E-state index contributed by atoms with van der Waals surface area (Å²) in [6.07, 6.45) is 1.33. The fourth-order valence-electron chi connectivity index (χ4n) is 1.91. The number of hydrogen-bond donors (Lipinski definition) is 1. The van der Waals surface area contributed by atoms with Crippen molar-refractivity contribution in [1.29, 1.82) is 0 Å². The Labute approximate surface area is 136 Å². The maximum atomic E-state index is 13.8. The largest absolute Gasteiger partial charge is 0.480 e. The van der Waals surface area contributed by atoms with Crippen LogP contribution in [0.15, 0.2) is 30.5 Å².